The van der Waals surface area contributed by atoms with E-state index in [9.17, 15) is 4.79 Å². The molecule has 1 aliphatic rings. The number of aromatic nitrogens is 2. The molecule has 2 aromatic rings. The zero-order chi connectivity index (χ0) is 13.2. The van der Waals surface area contributed by atoms with Gasteiger partial charge in [0.1, 0.15) is 0 Å². The first kappa shape index (κ1) is 12.0. The Labute approximate surface area is 112 Å². The monoisotopic (exact) mass is 258 g/mol. The second-order valence-corrected chi connectivity index (χ2v) is 5.01. The molecular weight excluding hydrogens is 240 g/mol. The molecule has 2 amide bonds. The predicted molar refractivity (Wildman–Crippen MR) is 74.0 cm³/mol. The Kier molecular flexibility index (Phi) is 3.11. The van der Waals surface area contributed by atoms with Crippen molar-refractivity contribution in [2.75, 3.05) is 6.54 Å². The molecule has 3 rings (SSSR count). The van der Waals surface area contributed by atoms with Gasteiger partial charge in [-0.05, 0) is 18.9 Å². The van der Waals surface area contributed by atoms with Gasteiger partial charge < -0.3 is 10.6 Å². The molecular formula is C14H18N4O. The summed E-state index contributed by atoms with van der Waals surface area (Å²) in [6, 6.07) is 8.48. The van der Waals surface area contributed by atoms with Gasteiger partial charge in [0, 0.05) is 31.4 Å². The van der Waals surface area contributed by atoms with Crippen LogP contribution in [0.3, 0.4) is 0 Å². The van der Waals surface area contributed by atoms with Crippen molar-refractivity contribution in [3.63, 3.8) is 0 Å². The van der Waals surface area contributed by atoms with Crippen LogP contribution >= 0.6 is 0 Å². The summed E-state index contributed by atoms with van der Waals surface area (Å²) in [6.07, 6.45) is 2.97. The van der Waals surface area contributed by atoms with Gasteiger partial charge in [-0.2, -0.15) is 5.10 Å². The molecule has 1 heterocycles. The van der Waals surface area contributed by atoms with Crippen molar-refractivity contribution in [3.05, 3.63) is 30.0 Å². The largest absolute Gasteiger partial charge is 0.338 e. The van der Waals surface area contributed by atoms with Gasteiger partial charge in [-0.25, -0.2) is 4.79 Å². The Hall–Kier alpha value is -2.04. The van der Waals surface area contributed by atoms with Crippen molar-refractivity contribution in [3.8, 4) is 0 Å². The Morgan fingerprint density at radius 2 is 2.21 bits per heavy atom. The molecule has 0 unspecified atom stereocenters. The molecule has 0 saturated heterocycles. The third kappa shape index (κ3) is 2.70. The summed E-state index contributed by atoms with van der Waals surface area (Å²) in [5.41, 5.74) is 2.16. The number of carbonyl (C=O) groups excluding carboxylic acids is 1. The number of rotatable bonds is 4. The summed E-state index contributed by atoms with van der Waals surface area (Å²) in [6.45, 7) is 0.611. The number of benzene rings is 1. The molecule has 1 aromatic carbocycles. The second kappa shape index (κ2) is 4.91. The van der Waals surface area contributed by atoms with Crippen LogP contribution in [0.5, 0.6) is 0 Å². The molecule has 5 nitrogen and oxygen atoms in total. The maximum Gasteiger partial charge on any atom is 0.315 e. The van der Waals surface area contributed by atoms with E-state index in [0.717, 1.165) is 35.9 Å². The third-order valence-corrected chi connectivity index (χ3v) is 3.39. The number of fused-ring (bicyclic) bond motifs is 1. The van der Waals surface area contributed by atoms with Crippen LogP contribution in [0, 0.1) is 0 Å². The molecule has 1 aliphatic carbocycles. The lowest BCUT2D eigenvalue weighted by atomic mass is 10.2. The van der Waals surface area contributed by atoms with Gasteiger partial charge in [0.15, 0.2) is 0 Å². The van der Waals surface area contributed by atoms with Crippen LogP contribution < -0.4 is 10.6 Å². The number of amides is 2. The van der Waals surface area contributed by atoms with Crippen molar-refractivity contribution >= 4 is 16.9 Å². The molecule has 1 saturated carbocycles. The molecule has 0 radical (unpaired) electrons. The first-order valence-electron chi connectivity index (χ1n) is 6.69. The fraction of sp³-hybridized carbons (Fsp3) is 0.429. The lowest BCUT2D eigenvalue weighted by molar-refractivity contribution is 0.240. The molecule has 0 spiro atoms. The van der Waals surface area contributed by atoms with E-state index in [1.807, 2.05) is 23.9 Å². The van der Waals surface area contributed by atoms with Gasteiger partial charge >= 0.3 is 6.03 Å². The van der Waals surface area contributed by atoms with Crippen molar-refractivity contribution in [1.82, 2.24) is 20.4 Å². The fourth-order valence-electron chi connectivity index (χ4n) is 2.23. The van der Waals surface area contributed by atoms with E-state index in [2.05, 4.69) is 27.9 Å². The normalized spacial score (nSPS) is 14.6. The molecule has 1 fully saturated rings. The van der Waals surface area contributed by atoms with E-state index in [1.165, 1.54) is 0 Å². The van der Waals surface area contributed by atoms with Crippen molar-refractivity contribution in [2.45, 2.75) is 25.3 Å². The summed E-state index contributed by atoms with van der Waals surface area (Å²) < 4.78 is 1.88. The first-order valence-corrected chi connectivity index (χ1v) is 6.69. The van der Waals surface area contributed by atoms with E-state index in [0.29, 0.717) is 12.6 Å². The molecule has 1 aromatic heterocycles. The zero-order valence-electron chi connectivity index (χ0n) is 11.0. The van der Waals surface area contributed by atoms with Gasteiger partial charge in [0.05, 0.1) is 11.2 Å². The SMILES string of the molecule is Cn1nc(CCNC(=O)NC2CC2)c2ccccc21. The Morgan fingerprint density at radius 3 is 3.00 bits per heavy atom. The smallest absolute Gasteiger partial charge is 0.315 e. The zero-order valence-corrected chi connectivity index (χ0v) is 11.0. The van der Waals surface area contributed by atoms with E-state index in [1.54, 1.807) is 0 Å². The van der Waals surface area contributed by atoms with Gasteiger partial charge in [-0.1, -0.05) is 18.2 Å². The second-order valence-electron chi connectivity index (χ2n) is 5.01. The van der Waals surface area contributed by atoms with Gasteiger partial charge in [0.2, 0.25) is 0 Å². The number of aryl methyl sites for hydroxylation is 1. The van der Waals surface area contributed by atoms with E-state index >= 15 is 0 Å². The summed E-state index contributed by atoms with van der Waals surface area (Å²) in [5.74, 6) is 0. The molecule has 0 aliphatic heterocycles. The minimum absolute atomic E-state index is 0.0669. The van der Waals surface area contributed by atoms with Gasteiger partial charge in [0.25, 0.3) is 0 Å². The quantitative estimate of drug-likeness (QED) is 0.874. The summed E-state index contributed by atoms with van der Waals surface area (Å²) in [4.78, 5) is 11.5. The highest BCUT2D eigenvalue weighted by molar-refractivity contribution is 5.82. The maximum atomic E-state index is 11.5. The maximum absolute atomic E-state index is 11.5. The van der Waals surface area contributed by atoms with Gasteiger partial charge in [-0.3, -0.25) is 4.68 Å². The average molecular weight is 258 g/mol. The highest BCUT2D eigenvalue weighted by atomic mass is 16.2. The Balaban J connectivity index is 1.60. The Morgan fingerprint density at radius 1 is 1.42 bits per heavy atom. The molecule has 0 atom stereocenters. The lowest BCUT2D eigenvalue weighted by Crippen LogP contribution is -2.37. The highest BCUT2D eigenvalue weighted by Crippen LogP contribution is 2.18. The van der Waals surface area contributed by atoms with Crippen LogP contribution in [0.15, 0.2) is 24.3 Å². The number of carbonyl (C=O) groups is 1. The first-order chi connectivity index (χ1) is 9.24. The number of hydrogen-bond acceptors (Lipinski definition) is 2. The van der Waals surface area contributed by atoms with Crippen molar-refractivity contribution in [2.24, 2.45) is 7.05 Å². The fourth-order valence-corrected chi connectivity index (χ4v) is 2.23. The average Bonchev–Trinajstić information content (AvgIpc) is 3.15. The van der Waals surface area contributed by atoms with Crippen LogP contribution in [0.1, 0.15) is 18.5 Å². The minimum atomic E-state index is -0.0669. The highest BCUT2D eigenvalue weighted by Gasteiger charge is 2.22. The number of hydrogen-bond donors (Lipinski definition) is 2. The molecule has 5 heteroatoms. The number of nitrogens with one attached hydrogen (secondary N) is 2. The minimum Gasteiger partial charge on any atom is -0.338 e. The van der Waals surface area contributed by atoms with Crippen LogP contribution in [0.4, 0.5) is 4.79 Å². The molecule has 0 bridgehead atoms. The number of para-hydroxylation sites is 1. The molecule has 100 valence electrons. The van der Waals surface area contributed by atoms with Crippen molar-refractivity contribution < 1.29 is 4.79 Å². The van der Waals surface area contributed by atoms with E-state index < -0.39 is 0 Å². The molecule has 2 N–H and O–H groups in total. The van der Waals surface area contributed by atoms with E-state index in [-0.39, 0.29) is 6.03 Å². The van der Waals surface area contributed by atoms with Crippen molar-refractivity contribution in [1.29, 1.82) is 0 Å². The van der Waals surface area contributed by atoms with Gasteiger partial charge in [-0.15, -0.1) is 0 Å². The lowest BCUT2D eigenvalue weighted by Gasteiger charge is -2.05. The van der Waals surface area contributed by atoms with E-state index in [4.69, 9.17) is 0 Å². The predicted octanol–water partition coefficient (Wildman–Crippen LogP) is 1.58. The third-order valence-electron chi connectivity index (χ3n) is 3.39. The number of urea groups is 1. The number of nitrogens with zero attached hydrogens (tertiary/aromatic N) is 2. The van der Waals surface area contributed by atoms with Crippen LogP contribution in [0.25, 0.3) is 10.9 Å². The van der Waals surface area contributed by atoms with Crippen LogP contribution in [-0.4, -0.2) is 28.4 Å². The summed E-state index contributed by atoms with van der Waals surface area (Å²) >= 11 is 0. The Bertz CT molecular complexity index is 601. The van der Waals surface area contributed by atoms with Crippen LogP contribution in [-0.2, 0) is 13.5 Å². The molecule has 19 heavy (non-hydrogen) atoms. The summed E-state index contributed by atoms with van der Waals surface area (Å²) in [5, 5.41) is 11.5. The summed E-state index contributed by atoms with van der Waals surface area (Å²) in [7, 11) is 1.94. The standard InChI is InChI=1S/C14H18N4O/c1-18-13-5-3-2-4-11(13)12(17-18)8-9-15-14(19)16-10-6-7-10/h2-5,10H,6-9H2,1H3,(H2,15,16,19). The topological polar surface area (TPSA) is 59.0 Å². The van der Waals surface area contributed by atoms with Crippen LogP contribution in [0.2, 0.25) is 0 Å².